The average Bonchev–Trinajstić information content (AvgIpc) is 3.27. The molecule has 0 N–H and O–H groups in total. The van der Waals surface area contributed by atoms with Crippen molar-refractivity contribution in [3.8, 4) is 11.5 Å². The number of benzene rings is 2. The second-order valence-electron chi connectivity index (χ2n) is 7.47. The quantitative estimate of drug-likeness (QED) is 0.563. The highest BCUT2D eigenvalue weighted by molar-refractivity contribution is 8.14. The van der Waals surface area contributed by atoms with Gasteiger partial charge in [0.25, 0.3) is 0 Å². The van der Waals surface area contributed by atoms with Crippen LogP contribution in [0.1, 0.15) is 5.56 Å². The van der Waals surface area contributed by atoms with E-state index in [1.807, 2.05) is 41.3 Å². The summed E-state index contributed by atoms with van der Waals surface area (Å²) in [4.78, 5) is 18.8. The molecule has 0 spiro atoms. The zero-order chi connectivity index (χ0) is 22.7. The Kier molecular flexibility index (Phi) is 6.61. The van der Waals surface area contributed by atoms with Crippen molar-refractivity contribution in [3.63, 3.8) is 0 Å². The Hall–Kier alpha value is -2.72. The lowest BCUT2D eigenvalue weighted by molar-refractivity contribution is -0.141. The number of thioether (sulfide) groups is 1. The van der Waals surface area contributed by atoms with Gasteiger partial charge in [-0.3, -0.25) is 9.79 Å². The summed E-state index contributed by atoms with van der Waals surface area (Å²) in [5.74, 6) is 0.846. The molecule has 1 saturated heterocycles. The predicted molar refractivity (Wildman–Crippen MR) is 124 cm³/mol. The van der Waals surface area contributed by atoms with E-state index in [1.54, 1.807) is 26.4 Å². The first-order valence-electron chi connectivity index (χ1n) is 10.0. The molecule has 2 aromatic carbocycles. The average molecular weight is 477 g/mol. The molecule has 4 rings (SSSR count). The summed E-state index contributed by atoms with van der Waals surface area (Å²) in [6, 6.07) is 14.1. The third-order valence-corrected chi connectivity index (χ3v) is 7.95. The minimum Gasteiger partial charge on any atom is -0.497 e. The van der Waals surface area contributed by atoms with Crippen LogP contribution in [0.3, 0.4) is 0 Å². The SMILES string of the molecule is COc1ccc(N2C(SCC(=O)OCc3ccccc3)=N[C@@H]3CS(=O)(=O)C[C@H]32)c(OC)c1. The number of aliphatic imine (C=N–C) groups is 1. The van der Waals surface area contributed by atoms with Gasteiger partial charge in [-0.1, -0.05) is 42.1 Å². The molecular weight excluding hydrogens is 452 g/mol. The Bertz CT molecular complexity index is 1120. The van der Waals surface area contributed by atoms with Gasteiger partial charge in [0.1, 0.15) is 18.1 Å². The van der Waals surface area contributed by atoms with Crippen LogP contribution in [-0.2, 0) is 26.0 Å². The van der Waals surface area contributed by atoms with Crippen LogP contribution >= 0.6 is 11.8 Å². The zero-order valence-electron chi connectivity index (χ0n) is 17.8. The van der Waals surface area contributed by atoms with E-state index in [0.29, 0.717) is 22.4 Å². The first-order chi connectivity index (χ1) is 15.4. The molecule has 8 nitrogen and oxygen atoms in total. The second kappa shape index (κ2) is 9.41. The lowest BCUT2D eigenvalue weighted by atomic mass is 10.1. The molecule has 0 radical (unpaired) electrons. The van der Waals surface area contributed by atoms with Gasteiger partial charge in [-0.05, 0) is 17.7 Å². The zero-order valence-corrected chi connectivity index (χ0v) is 19.4. The molecule has 2 aromatic rings. The van der Waals surface area contributed by atoms with Crippen LogP contribution in [0.15, 0.2) is 53.5 Å². The molecule has 0 aliphatic carbocycles. The van der Waals surface area contributed by atoms with Gasteiger partial charge >= 0.3 is 5.97 Å². The molecule has 2 heterocycles. The second-order valence-corrected chi connectivity index (χ2v) is 10.6. The number of carbonyl (C=O) groups is 1. The number of hydrogen-bond donors (Lipinski definition) is 0. The van der Waals surface area contributed by atoms with Crippen LogP contribution in [0.4, 0.5) is 5.69 Å². The van der Waals surface area contributed by atoms with Crippen LogP contribution in [-0.4, -0.2) is 63.1 Å². The molecule has 0 amide bonds. The van der Waals surface area contributed by atoms with Gasteiger partial charge in [-0.2, -0.15) is 0 Å². The third kappa shape index (κ3) is 4.86. The third-order valence-electron chi connectivity index (χ3n) is 5.32. The summed E-state index contributed by atoms with van der Waals surface area (Å²) in [5, 5.41) is 0.579. The number of rotatable bonds is 7. The first-order valence-corrected chi connectivity index (χ1v) is 12.8. The van der Waals surface area contributed by atoms with E-state index in [9.17, 15) is 13.2 Å². The molecule has 0 bridgehead atoms. The number of ether oxygens (including phenoxy) is 3. The standard InChI is InChI=1S/C22H24N2O6S2/c1-28-16-8-9-18(20(10-16)29-2)24-19-14-32(26,27)13-17(19)23-22(24)31-12-21(25)30-11-15-6-4-3-5-7-15/h3-10,17,19H,11-14H2,1-2H3/t17-,19-/m1/s1. The van der Waals surface area contributed by atoms with E-state index in [-0.39, 0.29) is 41.9 Å². The topological polar surface area (TPSA) is 94.5 Å². The summed E-state index contributed by atoms with van der Waals surface area (Å²) in [6.45, 7) is 0.201. The molecule has 0 saturated carbocycles. The lowest BCUT2D eigenvalue weighted by Crippen LogP contribution is -2.39. The van der Waals surface area contributed by atoms with Crippen LogP contribution < -0.4 is 14.4 Å². The molecule has 1 fully saturated rings. The molecule has 32 heavy (non-hydrogen) atoms. The monoisotopic (exact) mass is 476 g/mol. The first kappa shape index (κ1) is 22.5. The van der Waals surface area contributed by atoms with Crippen LogP contribution in [0.25, 0.3) is 0 Å². The van der Waals surface area contributed by atoms with Gasteiger partial charge in [-0.25, -0.2) is 8.42 Å². The Balaban J connectivity index is 1.51. The number of esters is 1. The van der Waals surface area contributed by atoms with Crippen molar-refractivity contribution >= 4 is 38.4 Å². The van der Waals surface area contributed by atoms with E-state index >= 15 is 0 Å². The summed E-state index contributed by atoms with van der Waals surface area (Å²) in [7, 11) is -0.0810. The molecule has 170 valence electrons. The highest BCUT2D eigenvalue weighted by Crippen LogP contribution is 2.40. The molecule has 10 heteroatoms. The molecule has 2 aliphatic rings. The van der Waals surface area contributed by atoms with Gasteiger partial charge in [0.2, 0.25) is 0 Å². The van der Waals surface area contributed by atoms with Crippen molar-refractivity contribution < 1.29 is 27.4 Å². The van der Waals surface area contributed by atoms with Crippen LogP contribution in [0.5, 0.6) is 11.5 Å². The minimum atomic E-state index is -3.19. The number of sulfone groups is 1. The summed E-state index contributed by atoms with van der Waals surface area (Å²) in [6.07, 6.45) is 0. The van der Waals surface area contributed by atoms with E-state index in [2.05, 4.69) is 4.99 Å². The highest BCUT2D eigenvalue weighted by atomic mass is 32.2. The number of anilines is 1. The van der Waals surface area contributed by atoms with Gasteiger partial charge in [0.05, 0.1) is 49.2 Å². The number of fused-ring (bicyclic) bond motifs is 1. The summed E-state index contributed by atoms with van der Waals surface area (Å²) < 4.78 is 40.6. The predicted octanol–water partition coefficient (Wildman–Crippen LogP) is 2.52. The molecule has 0 unspecified atom stereocenters. The molecule has 2 aliphatic heterocycles. The van der Waals surface area contributed by atoms with E-state index in [1.165, 1.54) is 11.8 Å². The Morgan fingerprint density at radius 3 is 2.62 bits per heavy atom. The Morgan fingerprint density at radius 1 is 1.12 bits per heavy atom. The Labute approximate surface area is 191 Å². The van der Waals surface area contributed by atoms with E-state index in [4.69, 9.17) is 14.2 Å². The number of methoxy groups -OCH3 is 2. The summed E-state index contributed by atoms with van der Waals surface area (Å²) in [5.41, 5.74) is 1.59. The Morgan fingerprint density at radius 2 is 1.91 bits per heavy atom. The fraction of sp³-hybridized carbons (Fsp3) is 0.364. The van der Waals surface area contributed by atoms with Crippen molar-refractivity contribution in [2.75, 3.05) is 36.4 Å². The smallest absolute Gasteiger partial charge is 0.316 e. The fourth-order valence-electron chi connectivity index (χ4n) is 3.80. The highest BCUT2D eigenvalue weighted by Gasteiger charge is 2.47. The summed E-state index contributed by atoms with van der Waals surface area (Å²) >= 11 is 1.24. The number of nitrogens with zero attached hydrogens (tertiary/aromatic N) is 2. The maximum Gasteiger partial charge on any atom is 0.316 e. The van der Waals surface area contributed by atoms with Crippen LogP contribution in [0, 0.1) is 0 Å². The minimum absolute atomic E-state index is 0.00113. The van der Waals surface area contributed by atoms with Gasteiger partial charge in [0, 0.05) is 6.07 Å². The maximum absolute atomic E-state index is 12.3. The van der Waals surface area contributed by atoms with E-state index < -0.39 is 9.84 Å². The van der Waals surface area contributed by atoms with E-state index in [0.717, 1.165) is 5.56 Å². The van der Waals surface area contributed by atoms with Gasteiger partial charge < -0.3 is 19.1 Å². The lowest BCUT2D eigenvalue weighted by Gasteiger charge is -2.28. The number of amidine groups is 1. The van der Waals surface area contributed by atoms with Crippen LogP contribution in [0.2, 0.25) is 0 Å². The van der Waals surface area contributed by atoms with Crippen molar-refractivity contribution in [1.29, 1.82) is 0 Å². The van der Waals surface area contributed by atoms with Crippen molar-refractivity contribution in [2.45, 2.75) is 18.7 Å². The van der Waals surface area contributed by atoms with Gasteiger partial charge in [-0.15, -0.1) is 0 Å². The molecular formula is C22H24N2O6S2. The molecule has 2 atom stereocenters. The number of carbonyl (C=O) groups excluding carboxylic acids is 1. The van der Waals surface area contributed by atoms with Gasteiger partial charge in [0.15, 0.2) is 15.0 Å². The van der Waals surface area contributed by atoms with Crippen molar-refractivity contribution in [2.24, 2.45) is 4.99 Å². The largest absolute Gasteiger partial charge is 0.497 e. The normalized spacial score (nSPS) is 21.1. The fourth-order valence-corrected chi connectivity index (χ4v) is 6.56. The molecule has 0 aromatic heterocycles. The number of hydrogen-bond acceptors (Lipinski definition) is 9. The van der Waals surface area contributed by atoms with Crippen molar-refractivity contribution in [1.82, 2.24) is 0 Å². The van der Waals surface area contributed by atoms with Crippen molar-refractivity contribution in [3.05, 3.63) is 54.1 Å². The maximum atomic E-state index is 12.3.